The van der Waals surface area contributed by atoms with E-state index in [-0.39, 0.29) is 12.3 Å². The molecule has 0 aliphatic carbocycles. The summed E-state index contributed by atoms with van der Waals surface area (Å²) in [7, 11) is 1.22. The molecule has 3 N–H and O–H groups in total. The van der Waals surface area contributed by atoms with Gasteiger partial charge in [0.15, 0.2) is 0 Å². The monoisotopic (exact) mass is 424 g/mol. The lowest BCUT2D eigenvalue weighted by Gasteiger charge is -2.23. The molecule has 0 saturated heterocycles. The molecule has 2 amide bonds. The number of benzene rings is 2. The van der Waals surface area contributed by atoms with E-state index in [1.165, 1.54) is 4.90 Å². The zero-order valence-corrected chi connectivity index (χ0v) is 17.6. The predicted molar refractivity (Wildman–Crippen MR) is 116 cm³/mol. The lowest BCUT2D eigenvalue weighted by molar-refractivity contribution is -0.125. The van der Waals surface area contributed by atoms with Crippen LogP contribution < -0.4 is 5.32 Å². The van der Waals surface area contributed by atoms with Crippen LogP contribution >= 0.6 is 0 Å². The number of hydrogen-bond donors (Lipinski definition) is 3. The molecule has 3 rings (SSSR count). The van der Waals surface area contributed by atoms with Crippen LogP contribution in [0, 0.1) is 0 Å². The van der Waals surface area contributed by atoms with Gasteiger partial charge in [-0.3, -0.25) is 9.59 Å². The second-order valence-corrected chi connectivity index (χ2v) is 7.43. The van der Waals surface area contributed by atoms with Crippen LogP contribution in [0.25, 0.3) is 11.0 Å². The Morgan fingerprint density at radius 1 is 1.13 bits per heavy atom. The Kier molecular flexibility index (Phi) is 7.11. The second-order valence-electron chi connectivity index (χ2n) is 7.43. The van der Waals surface area contributed by atoms with Gasteiger partial charge in [0.2, 0.25) is 5.91 Å². The first-order valence-corrected chi connectivity index (χ1v) is 9.85. The van der Waals surface area contributed by atoms with Gasteiger partial charge in [0, 0.05) is 37.0 Å². The SMILES string of the molecule is C[C@H](C(=O)N[C@@H](Cc1coc2ccccc12)OB(O)O)c1ccccc1C(=O)N(C)C. The maximum Gasteiger partial charge on any atom is 0.635 e. The second kappa shape index (κ2) is 9.78. The maximum absolute atomic E-state index is 13.0. The number of fused-ring (bicyclic) bond motifs is 1. The maximum atomic E-state index is 13.0. The van der Waals surface area contributed by atoms with Crippen molar-refractivity contribution in [3.63, 3.8) is 0 Å². The first kappa shape index (κ1) is 22.5. The first-order chi connectivity index (χ1) is 14.8. The summed E-state index contributed by atoms with van der Waals surface area (Å²) < 4.78 is 10.6. The van der Waals surface area contributed by atoms with Gasteiger partial charge in [-0.2, -0.15) is 0 Å². The molecule has 2 atom stereocenters. The number of carbonyl (C=O) groups excluding carboxylic acids is 2. The highest BCUT2D eigenvalue weighted by atomic mass is 16.6. The summed E-state index contributed by atoms with van der Waals surface area (Å²) in [6.07, 6.45) is 0.684. The van der Waals surface area contributed by atoms with E-state index in [9.17, 15) is 19.6 Å². The topological polar surface area (TPSA) is 112 Å². The summed E-state index contributed by atoms with van der Waals surface area (Å²) in [5.74, 6) is -1.31. The average molecular weight is 424 g/mol. The van der Waals surface area contributed by atoms with Crippen LogP contribution in [0.2, 0.25) is 0 Å². The quantitative estimate of drug-likeness (QED) is 0.376. The highest BCUT2D eigenvalue weighted by molar-refractivity contribution is 6.32. The Bertz CT molecular complexity index is 1060. The van der Waals surface area contributed by atoms with Crippen molar-refractivity contribution in [2.24, 2.45) is 0 Å². The molecule has 162 valence electrons. The molecular formula is C22H25BN2O6. The lowest BCUT2D eigenvalue weighted by Crippen LogP contribution is -2.44. The Labute approximate surface area is 180 Å². The average Bonchev–Trinajstić information content (AvgIpc) is 3.15. The standard InChI is InChI=1S/C22H25BN2O6/c1-14(16-8-4-5-10-18(16)22(27)25(2)3)21(26)24-20(31-23(28)29)12-15-13-30-19-11-7-6-9-17(15)19/h4-11,13-14,20,28-29H,12H2,1-3H3,(H,24,26)/t14-,20+/m0/s1. The van der Waals surface area contributed by atoms with Gasteiger partial charge in [-0.1, -0.05) is 36.4 Å². The van der Waals surface area contributed by atoms with E-state index in [4.69, 9.17) is 9.07 Å². The summed E-state index contributed by atoms with van der Waals surface area (Å²) in [6, 6.07) is 14.3. The minimum Gasteiger partial charge on any atom is -0.464 e. The summed E-state index contributed by atoms with van der Waals surface area (Å²) in [5, 5.41) is 22.2. The van der Waals surface area contributed by atoms with E-state index in [1.807, 2.05) is 24.3 Å². The molecule has 2 aromatic carbocycles. The van der Waals surface area contributed by atoms with E-state index in [0.717, 1.165) is 10.9 Å². The predicted octanol–water partition coefficient (Wildman–Crippen LogP) is 1.91. The molecule has 0 spiro atoms. The first-order valence-electron chi connectivity index (χ1n) is 9.85. The van der Waals surface area contributed by atoms with Crippen LogP contribution in [0.1, 0.15) is 34.3 Å². The Morgan fingerprint density at radius 3 is 2.52 bits per heavy atom. The normalized spacial score (nSPS) is 12.9. The Balaban J connectivity index is 1.80. The highest BCUT2D eigenvalue weighted by Gasteiger charge is 2.27. The van der Waals surface area contributed by atoms with Gasteiger partial charge in [-0.25, -0.2) is 0 Å². The third-order valence-electron chi connectivity index (χ3n) is 5.01. The van der Waals surface area contributed by atoms with Crippen LogP contribution in [-0.2, 0) is 15.9 Å². The van der Waals surface area contributed by atoms with E-state index >= 15 is 0 Å². The number of nitrogens with zero attached hydrogens (tertiary/aromatic N) is 1. The van der Waals surface area contributed by atoms with E-state index in [1.54, 1.807) is 51.5 Å². The molecule has 3 aromatic rings. The van der Waals surface area contributed by atoms with Crippen molar-refractivity contribution < 1.29 is 28.7 Å². The van der Waals surface area contributed by atoms with E-state index < -0.39 is 25.4 Å². The van der Waals surface area contributed by atoms with Gasteiger partial charge in [-0.05, 0) is 24.6 Å². The fourth-order valence-electron chi connectivity index (χ4n) is 3.41. The molecular weight excluding hydrogens is 399 g/mol. The molecule has 1 aromatic heterocycles. The van der Waals surface area contributed by atoms with Crippen LogP contribution in [0.5, 0.6) is 0 Å². The number of amides is 2. The zero-order valence-electron chi connectivity index (χ0n) is 17.6. The zero-order chi connectivity index (χ0) is 22.5. The van der Waals surface area contributed by atoms with Crippen LogP contribution in [0.15, 0.2) is 59.2 Å². The smallest absolute Gasteiger partial charge is 0.464 e. The molecule has 0 bridgehead atoms. The lowest BCUT2D eigenvalue weighted by atomic mass is 9.94. The number of nitrogens with one attached hydrogen (secondary N) is 1. The fourth-order valence-corrected chi connectivity index (χ4v) is 3.41. The number of hydrogen-bond acceptors (Lipinski definition) is 6. The van der Waals surface area contributed by atoms with Crippen molar-refractivity contribution in [2.75, 3.05) is 14.1 Å². The molecule has 8 nitrogen and oxygen atoms in total. The van der Waals surface area contributed by atoms with Gasteiger partial charge in [-0.15, -0.1) is 0 Å². The van der Waals surface area contributed by atoms with Crippen molar-refractivity contribution in [3.8, 4) is 0 Å². The molecule has 1 heterocycles. The molecule has 0 radical (unpaired) electrons. The minimum atomic E-state index is -2.07. The molecule has 0 aliphatic heterocycles. The number of rotatable bonds is 8. The molecule has 0 fully saturated rings. The molecule has 9 heteroatoms. The summed E-state index contributed by atoms with van der Waals surface area (Å²) in [5.41, 5.74) is 2.42. The number of furan rings is 1. The van der Waals surface area contributed by atoms with Crippen molar-refractivity contribution in [3.05, 3.63) is 71.5 Å². The summed E-state index contributed by atoms with van der Waals surface area (Å²) >= 11 is 0. The summed E-state index contributed by atoms with van der Waals surface area (Å²) in [4.78, 5) is 26.9. The molecule has 0 saturated carbocycles. The van der Waals surface area contributed by atoms with Crippen molar-refractivity contribution in [2.45, 2.75) is 25.5 Å². The van der Waals surface area contributed by atoms with Gasteiger partial charge in [0.1, 0.15) is 11.8 Å². The Morgan fingerprint density at radius 2 is 1.81 bits per heavy atom. The van der Waals surface area contributed by atoms with Crippen LogP contribution in [0.3, 0.4) is 0 Å². The molecule has 0 unspecified atom stereocenters. The van der Waals surface area contributed by atoms with Crippen molar-refractivity contribution in [1.82, 2.24) is 10.2 Å². The van der Waals surface area contributed by atoms with Crippen molar-refractivity contribution >= 4 is 30.1 Å². The van der Waals surface area contributed by atoms with Crippen molar-refractivity contribution in [1.29, 1.82) is 0 Å². The van der Waals surface area contributed by atoms with Gasteiger partial charge >= 0.3 is 7.32 Å². The minimum absolute atomic E-state index is 0.158. The molecule has 31 heavy (non-hydrogen) atoms. The molecule has 0 aliphatic rings. The van der Waals surface area contributed by atoms with Crippen LogP contribution in [0.4, 0.5) is 0 Å². The number of para-hydroxylation sites is 1. The van der Waals surface area contributed by atoms with E-state index in [2.05, 4.69) is 5.32 Å². The largest absolute Gasteiger partial charge is 0.635 e. The van der Waals surface area contributed by atoms with Gasteiger partial charge in [0.25, 0.3) is 5.91 Å². The number of carbonyl (C=O) groups is 2. The van der Waals surface area contributed by atoms with Gasteiger partial charge in [0.05, 0.1) is 12.2 Å². The van der Waals surface area contributed by atoms with Gasteiger partial charge < -0.3 is 29.3 Å². The highest BCUT2D eigenvalue weighted by Crippen LogP contribution is 2.24. The van der Waals surface area contributed by atoms with Crippen LogP contribution in [-0.4, -0.2) is 54.4 Å². The fraction of sp³-hybridized carbons (Fsp3) is 0.273. The third-order valence-corrected chi connectivity index (χ3v) is 5.01. The third kappa shape index (κ3) is 5.32. The summed E-state index contributed by atoms with van der Waals surface area (Å²) in [6.45, 7) is 1.68. The van der Waals surface area contributed by atoms with E-state index in [0.29, 0.717) is 16.7 Å². The Hall–Kier alpha value is -3.14.